The van der Waals surface area contributed by atoms with Crippen molar-refractivity contribution < 1.29 is 9.59 Å². The van der Waals surface area contributed by atoms with Crippen molar-refractivity contribution in [3.05, 3.63) is 30.3 Å². The quantitative estimate of drug-likeness (QED) is 0.609. The summed E-state index contributed by atoms with van der Waals surface area (Å²) in [5.74, 6) is -0.475. The van der Waals surface area contributed by atoms with Crippen LogP contribution in [0.1, 0.15) is 13.3 Å². The van der Waals surface area contributed by atoms with Gasteiger partial charge in [0.15, 0.2) is 0 Å². The van der Waals surface area contributed by atoms with Crippen molar-refractivity contribution in [1.29, 1.82) is 0 Å². The van der Waals surface area contributed by atoms with Gasteiger partial charge in [-0.25, -0.2) is 0 Å². The molecule has 1 amide bonds. The average Bonchev–Trinajstić information content (AvgIpc) is 2.17. The van der Waals surface area contributed by atoms with Gasteiger partial charge in [-0.05, 0) is 19.1 Å². The van der Waals surface area contributed by atoms with Gasteiger partial charge in [-0.2, -0.15) is 0 Å². The second-order valence-corrected chi connectivity index (χ2v) is 3.32. The fourth-order valence-electron chi connectivity index (χ4n) is 1.00. The van der Waals surface area contributed by atoms with E-state index in [0.29, 0.717) is 5.69 Å². The van der Waals surface area contributed by atoms with Crippen molar-refractivity contribution in [2.45, 2.75) is 13.3 Å². The normalized spacial score (nSPS) is 9.57. The Morgan fingerprint density at radius 1 is 1.29 bits per heavy atom. The number of carbonyl (C=O) groups is 2. The molecule has 0 aliphatic carbocycles. The van der Waals surface area contributed by atoms with Gasteiger partial charge in [0.25, 0.3) is 0 Å². The van der Waals surface area contributed by atoms with E-state index in [1.54, 1.807) is 24.3 Å². The van der Waals surface area contributed by atoms with E-state index in [9.17, 15) is 9.59 Å². The van der Waals surface area contributed by atoms with E-state index < -0.39 is 0 Å². The fraction of sp³-hybridized carbons (Fsp3) is 0.200. The lowest BCUT2D eigenvalue weighted by Crippen LogP contribution is -2.22. The van der Waals surface area contributed by atoms with Crippen molar-refractivity contribution in [1.82, 2.24) is 0 Å². The Labute approximate surface area is 88.3 Å². The van der Waals surface area contributed by atoms with E-state index in [4.69, 9.17) is 0 Å². The van der Waals surface area contributed by atoms with Crippen molar-refractivity contribution in [2.75, 3.05) is 4.31 Å². The maximum absolute atomic E-state index is 11.4. The van der Waals surface area contributed by atoms with Gasteiger partial charge < -0.3 is 0 Å². The van der Waals surface area contributed by atoms with Crippen molar-refractivity contribution in [2.24, 2.45) is 0 Å². The smallest absolute Gasteiger partial charge is 0.244 e. The summed E-state index contributed by atoms with van der Waals surface area (Å²) >= 11 is 4.02. The number of hydrogen-bond acceptors (Lipinski definition) is 3. The topological polar surface area (TPSA) is 37.4 Å². The molecule has 4 heteroatoms. The number of rotatable bonds is 3. The molecule has 0 heterocycles. The molecule has 14 heavy (non-hydrogen) atoms. The molecule has 0 radical (unpaired) electrons. The molecule has 1 aromatic rings. The first kappa shape index (κ1) is 10.8. The van der Waals surface area contributed by atoms with Crippen LogP contribution in [-0.4, -0.2) is 11.7 Å². The largest absolute Gasteiger partial charge is 0.299 e. The molecule has 0 bridgehead atoms. The van der Waals surface area contributed by atoms with Crippen LogP contribution < -0.4 is 4.31 Å². The summed E-state index contributed by atoms with van der Waals surface area (Å²) in [6.45, 7) is 1.38. The number of thiol groups is 1. The number of amides is 1. The number of Topliss-reactive ketones (excluding diaryl/α,β-unsaturated/α-hetero) is 1. The Morgan fingerprint density at radius 3 is 2.36 bits per heavy atom. The molecule has 0 aliphatic rings. The van der Waals surface area contributed by atoms with Crippen LogP contribution in [0.5, 0.6) is 0 Å². The molecule has 0 saturated carbocycles. The Balaban J connectivity index is 2.71. The van der Waals surface area contributed by atoms with E-state index in [1.165, 1.54) is 11.2 Å². The van der Waals surface area contributed by atoms with Crippen LogP contribution in [0.2, 0.25) is 0 Å². The van der Waals surface area contributed by atoms with Gasteiger partial charge >= 0.3 is 0 Å². The third-order valence-corrected chi connectivity index (χ3v) is 2.09. The first-order valence-corrected chi connectivity index (χ1v) is 4.57. The predicted octanol–water partition coefficient (Wildman–Crippen LogP) is 1.84. The average molecular weight is 209 g/mol. The first-order valence-electron chi connectivity index (χ1n) is 4.17. The molecule has 1 aromatic carbocycles. The van der Waals surface area contributed by atoms with E-state index in [-0.39, 0.29) is 18.1 Å². The third kappa shape index (κ3) is 2.88. The molecule has 0 unspecified atom stereocenters. The number of para-hydroxylation sites is 1. The summed E-state index contributed by atoms with van der Waals surface area (Å²) in [5.41, 5.74) is 0.669. The molecule has 0 spiro atoms. The molecule has 0 saturated heterocycles. The lowest BCUT2D eigenvalue weighted by Gasteiger charge is -2.14. The van der Waals surface area contributed by atoms with Crippen LogP contribution in [0, 0.1) is 0 Å². The molecule has 0 aliphatic heterocycles. The zero-order valence-electron chi connectivity index (χ0n) is 7.80. The summed E-state index contributed by atoms with van der Waals surface area (Å²) in [7, 11) is 0. The SMILES string of the molecule is CC(=O)CC(=O)N(S)c1ccccc1. The molecular weight excluding hydrogens is 198 g/mol. The van der Waals surface area contributed by atoms with E-state index in [2.05, 4.69) is 12.8 Å². The van der Waals surface area contributed by atoms with Gasteiger partial charge in [-0.1, -0.05) is 31.0 Å². The van der Waals surface area contributed by atoms with Crippen LogP contribution in [0.4, 0.5) is 5.69 Å². The molecule has 0 N–H and O–H groups in total. The summed E-state index contributed by atoms with van der Waals surface area (Å²) in [6.07, 6.45) is -0.113. The zero-order chi connectivity index (χ0) is 10.6. The fourth-order valence-corrected chi connectivity index (χ4v) is 1.21. The molecule has 0 fully saturated rings. The number of ketones is 1. The highest BCUT2D eigenvalue weighted by Gasteiger charge is 2.13. The van der Waals surface area contributed by atoms with E-state index >= 15 is 0 Å². The minimum Gasteiger partial charge on any atom is -0.299 e. The van der Waals surface area contributed by atoms with Gasteiger partial charge in [0.2, 0.25) is 5.91 Å². The molecular formula is C10H11NO2S. The number of nitrogens with zero attached hydrogens (tertiary/aromatic N) is 1. The highest BCUT2D eigenvalue weighted by molar-refractivity contribution is 7.82. The Kier molecular flexibility index (Phi) is 3.71. The molecule has 0 atom stereocenters. The summed E-state index contributed by atoms with van der Waals surface area (Å²) in [4.78, 5) is 22.1. The highest BCUT2D eigenvalue weighted by Crippen LogP contribution is 2.16. The van der Waals surface area contributed by atoms with Crippen molar-refractivity contribution >= 4 is 30.2 Å². The molecule has 3 nitrogen and oxygen atoms in total. The maximum atomic E-state index is 11.4. The summed E-state index contributed by atoms with van der Waals surface area (Å²) < 4.78 is 1.18. The number of benzene rings is 1. The number of anilines is 1. The van der Waals surface area contributed by atoms with Crippen molar-refractivity contribution in [3.8, 4) is 0 Å². The molecule has 0 aromatic heterocycles. The minimum absolute atomic E-state index is 0.113. The second kappa shape index (κ2) is 4.81. The lowest BCUT2D eigenvalue weighted by molar-refractivity contribution is -0.124. The Bertz CT molecular complexity index is 337. The predicted molar refractivity (Wildman–Crippen MR) is 58.2 cm³/mol. The second-order valence-electron chi connectivity index (χ2n) is 2.92. The Hall–Kier alpha value is -1.29. The van der Waals surface area contributed by atoms with Gasteiger partial charge in [0, 0.05) is 0 Å². The minimum atomic E-state index is -0.313. The Morgan fingerprint density at radius 2 is 1.86 bits per heavy atom. The monoisotopic (exact) mass is 209 g/mol. The lowest BCUT2D eigenvalue weighted by atomic mass is 10.2. The van der Waals surface area contributed by atoms with Gasteiger partial charge in [0.1, 0.15) is 5.78 Å². The maximum Gasteiger partial charge on any atom is 0.244 e. The number of hydrogen-bond donors (Lipinski definition) is 1. The van der Waals surface area contributed by atoms with Crippen LogP contribution in [-0.2, 0) is 9.59 Å². The molecule has 74 valence electrons. The van der Waals surface area contributed by atoms with E-state index in [0.717, 1.165) is 0 Å². The third-order valence-electron chi connectivity index (χ3n) is 1.64. The number of carbonyl (C=O) groups excluding carboxylic acids is 2. The standard InChI is InChI=1S/C10H11NO2S/c1-8(12)7-10(13)11(14)9-5-3-2-4-6-9/h2-6,14H,7H2,1H3. The molecule has 1 rings (SSSR count). The van der Waals surface area contributed by atoms with Crippen LogP contribution in [0.15, 0.2) is 30.3 Å². The first-order chi connectivity index (χ1) is 6.61. The van der Waals surface area contributed by atoms with E-state index in [1.807, 2.05) is 6.07 Å². The van der Waals surface area contributed by atoms with Crippen LogP contribution in [0.3, 0.4) is 0 Å². The van der Waals surface area contributed by atoms with Crippen molar-refractivity contribution in [3.63, 3.8) is 0 Å². The van der Waals surface area contributed by atoms with Gasteiger partial charge in [-0.15, -0.1) is 0 Å². The van der Waals surface area contributed by atoms with Gasteiger partial charge in [-0.3, -0.25) is 13.9 Å². The highest BCUT2D eigenvalue weighted by atomic mass is 32.1. The van der Waals surface area contributed by atoms with Gasteiger partial charge in [0.05, 0.1) is 12.1 Å². The zero-order valence-corrected chi connectivity index (χ0v) is 8.70. The summed E-state index contributed by atoms with van der Waals surface area (Å²) in [6, 6.07) is 8.97. The van der Waals surface area contributed by atoms with Crippen LogP contribution in [0.25, 0.3) is 0 Å². The summed E-state index contributed by atoms with van der Waals surface area (Å²) in [5, 5.41) is 0. The van der Waals surface area contributed by atoms with Crippen LogP contribution >= 0.6 is 12.8 Å².